The van der Waals surface area contributed by atoms with Crippen LogP contribution in [-0.2, 0) is 25.6 Å². The highest BCUT2D eigenvalue weighted by atomic mass is 19.1. The van der Waals surface area contributed by atoms with Crippen LogP contribution < -0.4 is 16.0 Å². The van der Waals surface area contributed by atoms with Gasteiger partial charge in [0.15, 0.2) is 12.2 Å². The van der Waals surface area contributed by atoms with Crippen LogP contribution >= 0.6 is 0 Å². The van der Waals surface area contributed by atoms with Gasteiger partial charge in [0, 0.05) is 30.0 Å². The molecule has 0 spiro atoms. The van der Waals surface area contributed by atoms with Gasteiger partial charge in [-0.25, -0.2) is 4.39 Å². The third-order valence-corrected chi connectivity index (χ3v) is 6.87. The lowest BCUT2D eigenvalue weighted by molar-refractivity contribution is -0.150. The molecule has 0 aliphatic carbocycles. The van der Waals surface area contributed by atoms with Crippen LogP contribution in [-0.4, -0.2) is 84.7 Å². The number of amidine groups is 1. The molecular weight excluding hydrogens is 497 g/mol. The van der Waals surface area contributed by atoms with Crippen molar-refractivity contribution >= 4 is 34.9 Å². The molecule has 3 unspecified atom stereocenters. The molecule has 3 aliphatic rings. The number of nitrogens with two attached hydrogens (primary N) is 1. The van der Waals surface area contributed by atoms with E-state index in [1.165, 1.54) is 21.9 Å². The van der Waals surface area contributed by atoms with Crippen LogP contribution in [0.1, 0.15) is 28.4 Å². The Labute approximate surface area is 218 Å². The number of anilines is 2. The maximum absolute atomic E-state index is 14.7. The Hall–Kier alpha value is -3.87. The Kier molecular flexibility index (Phi) is 7.11. The number of aliphatic imine (C=N–C) groups is 1. The highest BCUT2D eigenvalue weighted by Crippen LogP contribution is 2.26. The van der Waals surface area contributed by atoms with E-state index in [4.69, 9.17) is 15.2 Å². The normalized spacial score (nSPS) is 22.1. The lowest BCUT2D eigenvalue weighted by Gasteiger charge is -2.35. The van der Waals surface area contributed by atoms with Gasteiger partial charge in [0.2, 0.25) is 0 Å². The number of ether oxygens (including phenoxy) is 2. The first-order valence-electron chi connectivity index (χ1n) is 12.3. The average molecular weight is 526 g/mol. The van der Waals surface area contributed by atoms with Gasteiger partial charge in [0.05, 0.1) is 38.0 Å². The predicted octanol–water partition coefficient (Wildman–Crippen LogP) is 0.637. The molecule has 0 aromatic heterocycles. The zero-order valence-electron chi connectivity index (χ0n) is 20.7. The number of rotatable bonds is 5. The van der Waals surface area contributed by atoms with Gasteiger partial charge < -0.3 is 35.4 Å². The van der Waals surface area contributed by atoms with Crippen LogP contribution in [0.4, 0.5) is 15.8 Å². The quantitative estimate of drug-likeness (QED) is 0.519. The summed E-state index contributed by atoms with van der Waals surface area (Å²) in [4.78, 5) is 46.1. The number of carbonyl (C=O) groups excluding carboxylic acids is 3. The van der Waals surface area contributed by atoms with E-state index in [9.17, 15) is 23.9 Å². The molecule has 3 aliphatic heterocycles. The standard InChI is InChI=1S/C26H28FN5O6/c1-14-13-37-8-6-31(14)25(35)19-11-17(3-5-20(19)27)32-7-9-38-22(26(32)36)21(33)24(34)30-16-2-4-18-15(10-16)12-29-23(18)28/h2-5,10-11,14,21-22,33H,6-9,12-13H2,1H3,(H2,28,29)(H,30,34). The highest BCUT2D eigenvalue weighted by Gasteiger charge is 2.40. The summed E-state index contributed by atoms with van der Waals surface area (Å²) in [6.45, 7) is 3.36. The second-order valence-electron chi connectivity index (χ2n) is 9.38. The lowest BCUT2D eigenvalue weighted by atomic mass is 10.1. The monoisotopic (exact) mass is 525 g/mol. The molecular formula is C26H28FN5O6. The highest BCUT2D eigenvalue weighted by molar-refractivity contribution is 6.05. The summed E-state index contributed by atoms with van der Waals surface area (Å²) >= 11 is 0. The Bertz CT molecular complexity index is 1320. The van der Waals surface area contributed by atoms with E-state index in [0.29, 0.717) is 37.8 Å². The summed E-state index contributed by atoms with van der Waals surface area (Å²) in [6.07, 6.45) is -3.30. The molecule has 12 heteroatoms. The first-order valence-corrected chi connectivity index (χ1v) is 12.3. The lowest BCUT2D eigenvalue weighted by Crippen LogP contribution is -2.55. The van der Waals surface area contributed by atoms with Crippen LogP contribution in [0, 0.1) is 5.82 Å². The third-order valence-electron chi connectivity index (χ3n) is 6.87. The number of carbonyl (C=O) groups is 3. The summed E-state index contributed by atoms with van der Waals surface area (Å²) in [7, 11) is 0. The third kappa shape index (κ3) is 4.85. The molecule has 2 saturated heterocycles. The molecule has 0 bridgehead atoms. The average Bonchev–Trinajstić information content (AvgIpc) is 3.28. The molecule has 3 amide bonds. The first-order chi connectivity index (χ1) is 18.2. The first kappa shape index (κ1) is 25.8. The fraction of sp³-hybridized carbons (Fsp3) is 0.385. The van der Waals surface area contributed by atoms with Gasteiger partial charge in [-0.3, -0.25) is 19.4 Å². The fourth-order valence-corrected chi connectivity index (χ4v) is 4.78. The predicted molar refractivity (Wildman–Crippen MR) is 135 cm³/mol. The largest absolute Gasteiger partial charge is 0.383 e. The van der Waals surface area contributed by atoms with E-state index in [1.807, 2.05) is 6.92 Å². The van der Waals surface area contributed by atoms with E-state index in [0.717, 1.165) is 17.2 Å². The van der Waals surface area contributed by atoms with Crippen molar-refractivity contribution in [2.24, 2.45) is 10.7 Å². The summed E-state index contributed by atoms with van der Waals surface area (Å²) < 4.78 is 25.5. The van der Waals surface area contributed by atoms with Gasteiger partial charge in [-0.05, 0) is 48.9 Å². The Balaban J connectivity index is 1.30. The molecule has 5 rings (SSSR count). The van der Waals surface area contributed by atoms with Crippen molar-refractivity contribution in [3.05, 3.63) is 58.9 Å². The summed E-state index contributed by atoms with van der Waals surface area (Å²) in [5.74, 6) is -2.30. The number of benzene rings is 2. The number of hydrogen-bond donors (Lipinski definition) is 3. The fourth-order valence-electron chi connectivity index (χ4n) is 4.78. The van der Waals surface area contributed by atoms with Gasteiger partial charge in [-0.15, -0.1) is 0 Å². The minimum absolute atomic E-state index is 0.0252. The summed E-state index contributed by atoms with van der Waals surface area (Å²) in [5, 5.41) is 13.3. The van der Waals surface area contributed by atoms with Crippen molar-refractivity contribution in [3.63, 3.8) is 0 Å². The summed E-state index contributed by atoms with van der Waals surface area (Å²) in [6, 6.07) is 8.63. The zero-order valence-corrected chi connectivity index (χ0v) is 20.7. The maximum Gasteiger partial charge on any atom is 0.259 e. The molecule has 2 aromatic rings. The van der Waals surface area contributed by atoms with E-state index in [1.54, 1.807) is 18.2 Å². The van der Waals surface area contributed by atoms with Gasteiger partial charge in [-0.2, -0.15) is 0 Å². The van der Waals surface area contributed by atoms with Crippen LogP contribution in [0.15, 0.2) is 41.4 Å². The van der Waals surface area contributed by atoms with E-state index >= 15 is 0 Å². The zero-order chi connectivity index (χ0) is 27.0. The molecule has 0 radical (unpaired) electrons. The second kappa shape index (κ2) is 10.5. The van der Waals surface area contributed by atoms with Crippen molar-refractivity contribution < 1.29 is 33.4 Å². The van der Waals surface area contributed by atoms with E-state index < -0.39 is 35.7 Å². The number of halogens is 1. The smallest absolute Gasteiger partial charge is 0.259 e. The molecule has 3 heterocycles. The second-order valence-corrected chi connectivity index (χ2v) is 9.38. The Morgan fingerprint density at radius 3 is 2.82 bits per heavy atom. The number of aliphatic hydroxyl groups is 1. The molecule has 3 atom stereocenters. The van der Waals surface area contributed by atoms with Crippen molar-refractivity contribution in [2.45, 2.75) is 31.7 Å². The van der Waals surface area contributed by atoms with E-state index in [-0.39, 0.29) is 30.4 Å². The van der Waals surface area contributed by atoms with Gasteiger partial charge in [0.25, 0.3) is 17.7 Å². The Morgan fingerprint density at radius 2 is 2.03 bits per heavy atom. The van der Waals surface area contributed by atoms with Gasteiger partial charge in [-0.1, -0.05) is 0 Å². The van der Waals surface area contributed by atoms with Crippen molar-refractivity contribution in [1.29, 1.82) is 0 Å². The molecule has 4 N–H and O–H groups in total. The van der Waals surface area contributed by atoms with Gasteiger partial charge >= 0.3 is 0 Å². The number of nitrogens with zero attached hydrogens (tertiary/aromatic N) is 3. The van der Waals surface area contributed by atoms with Crippen LogP contribution in [0.5, 0.6) is 0 Å². The van der Waals surface area contributed by atoms with Crippen molar-refractivity contribution in [2.75, 3.05) is 43.1 Å². The number of nitrogens with one attached hydrogen (secondary N) is 1. The van der Waals surface area contributed by atoms with Crippen molar-refractivity contribution in [1.82, 2.24) is 4.90 Å². The minimum Gasteiger partial charge on any atom is -0.383 e. The SMILES string of the molecule is CC1COCCN1C(=O)c1cc(N2CCOC(C(O)C(=O)Nc3ccc4c(c3)CN=C4N)C2=O)ccc1F. The molecule has 2 fully saturated rings. The molecule has 2 aromatic carbocycles. The number of fused-ring (bicyclic) bond motifs is 1. The molecule has 38 heavy (non-hydrogen) atoms. The van der Waals surface area contributed by atoms with Crippen molar-refractivity contribution in [3.8, 4) is 0 Å². The summed E-state index contributed by atoms with van der Waals surface area (Å²) in [5.41, 5.74) is 7.93. The molecule has 200 valence electrons. The van der Waals surface area contributed by atoms with Crippen LogP contribution in [0.3, 0.4) is 0 Å². The minimum atomic E-state index is -1.81. The Morgan fingerprint density at radius 1 is 1.21 bits per heavy atom. The van der Waals surface area contributed by atoms with Gasteiger partial charge in [0.1, 0.15) is 11.7 Å². The number of hydrogen-bond acceptors (Lipinski definition) is 8. The number of morpholine rings is 2. The maximum atomic E-state index is 14.7. The van der Waals surface area contributed by atoms with Crippen LogP contribution in [0.25, 0.3) is 0 Å². The topological polar surface area (TPSA) is 147 Å². The van der Waals surface area contributed by atoms with E-state index in [2.05, 4.69) is 10.3 Å². The molecule has 11 nitrogen and oxygen atoms in total. The van der Waals surface area contributed by atoms with Crippen LogP contribution in [0.2, 0.25) is 0 Å². The number of amides is 3. The molecule has 0 saturated carbocycles. The number of aliphatic hydroxyl groups excluding tert-OH is 1.